The minimum atomic E-state index is -4.50. The number of nitrogens with one attached hydrogen (secondary N) is 1. The number of aromatic nitrogens is 1. The van der Waals surface area contributed by atoms with E-state index in [2.05, 4.69) is 10.3 Å². The Kier molecular flexibility index (Phi) is 4.43. The van der Waals surface area contributed by atoms with Crippen LogP contribution in [0.3, 0.4) is 0 Å². The molecule has 1 heterocycles. The van der Waals surface area contributed by atoms with Gasteiger partial charge in [-0.1, -0.05) is 0 Å². The van der Waals surface area contributed by atoms with Crippen molar-refractivity contribution in [1.82, 2.24) is 4.98 Å². The summed E-state index contributed by atoms with van der Waals surface area (Å²) in [6.45, 7) is 0. The molecule has 7 heteroatoms. The Morgan fingerprint density at radius 2 is 2.15 bits per heavy atom. The largest absolute Gasteiger partial charge is 0.433 e. The van der Waals surface area contributed by atoms with E-state index < -0.39 is 11.9 Å². The van der Waals surface area contributed by atoms with Crippen molar-refractivity contribution in [3.63, 3.8) is 0 Å². The lowest BCUT2D eigenvalue weighted by atomic mass is 10.2. The molecule has 0 bridgehead atoms. The average molecular weight is 301 g/mol. The Morgan fingerprint density at radius 1 is 1.40 bits per heavy atom. The van der Waals surface area contributed by atoms with Crippen LogP contribution in [0.2, 0.25) is 0 Å². The topological polar surface area (TPSA) is 48.7 Å². The van der Waals surface area contributed by atoms with Crippen molar-refractivity contribution in [3.05, 3.63) is 23.4 Å². The van der Waals surface area contributed by atoms with Crippen molar-refractivity contribution >= 4 is 17.6 Å². The van der Waals surface area contributed by atoms with Crippen LogP contribution in [-0.2, 0) is 6.18 Å². The van der Waals surface area contributed by atoms with Crippen LogP contribution >= 0.6 is 11.8 Å². The van der Waals surface area contributed by atoms with E-state index in [1.165, 1.54) is 6.07 Å². The maximum absolute atomic E-state index is 12.7. The van der Waals surface area contributed by atoms with Gasteiger partial charge in [-0.3, -0.25) is 0 Å². The first-order chi connectivity index (χ1) is 9.44. The van der Waals surface area contributed by atoms with E-state index in [0.717, 1.165) is 25.3 Å². The van der Waals surface area contributed by atoms with Gasteiger partial charge in [-0.05, 0) is 37.7 Å². The number of nitriles is 1. The molecule has 1 aromatic rings. The van der Waals surface area contributed by atoms with Crippen molar-refractivity contribution in [2.45, 2.75) is 36.7 Å². The van der Waals surface area contributed by atoms with Crippen LogP contribution in [0.15, 0.2) is 12.1 Å². The monoisotopic (exact) mass is 301 g/mol. The van der Waals surface area contributed by atoms with Crippen LogP contribution in [-0.4, -0.2) is 22.5 Å². The molecule has 0 radical (unpaired) electrons. The van der Waals surface area contributed by atoms with Crippen LogP contribution in [0.5, 0.6) is 0 Å². The van der Waals surface area contributed by atoms with Crippen molar-refractivity contribution in [2.24, 2.45) is 0 Å². The van der Waals surface area contributed by atoms with E-state index in [4.69, 9.17) is 5.26 Å². The Bertz CT molecular complexity index is 525. The highest BCUT2D eigenvalue weighted by molar-refractivity contribution is 7.99. The van der Waals surface area contributed by atoms with Crippen LogP contribution in [0.1, 0.15) is 30.5 Å². The highest BCUT2D eigenvalue weighted by atomic mass is 32.2. The summed E-state index contributed by atoms with van der Waals surface area (Å²) in [5, 5.41) is 12.5. The second kappa shape index (κ2) is 5.92. The summed E-state index contributed by atoms with van der Waals surface area (Å²) >= 11 is 1.76. The standard InChI is InChI=1S/C13H14F3N3S/c1-20-10-4-3-9(6-10)18-12-8(7-17)2-5-11(19-12)13(14,15)16/h2,5,9-10H,3-4,6H2,1H3,(H,18,19). The van der Waals surface area contributed by atoms with Gasteiger partial charge in [0.2, 0.25) is 0 Å². The maximum atomic E-state index is 12.7. The molecule has 1 aromatic heterocycles. The lowest BCUT2D eigenvalue weighted by Gasteiger charge is -2.16. The molecule has 3 nitrogen and oxygen atoms in total. The minimum Gasteiger partial charge on any atom is -0.366 e. The number of hydrogen-bond donors (Lipinski definition) is 1. The zero-order valence-corrected chi connectivity index (χ0v) is 11.7. The fourth-order valence-corrected chi connectivity index (χ4v) is 3.09. The SMILES string of the molecule is CSC1CCC(Nc2nc(C(F)(F)F)ccc2C#N)C1. The first-order valence-electron chi connectivity index (χ1n) is 6.21. The van der Waals surface area contributed by atoms with Crippen LogP contribution in [0.4, 0.5) is 19.0 Å². The molecular weight excluding hydrogens is 287 g/mol. The predicted octanol–water partition coefficient (Wildman–Crippen LogP) is 3.67. The van der Waals surface area contributed by atoms with Crippen molar-refractivity contribution < 1.29 is 13.2 Å². The predicted molar refractivity (Wildman–Crippen MR) is 72.5 cm³/mol. The van der Waals surface area contributed by atoms with Crippen LogP contribution in [0.25, 0.3) is 0 Å². The van der Waals surface area contributed by atoms with Gasteiger partial charge in [-0.15, -0.1) is 0 Å². The van der Waals surface area contributed by atoms with Gasteiger partial charge in [0.25, 0.3) is 0 Å². The molecule has 2 atom stereocenters. The smallest absolute Gasteiger partial charge is 0.366 e. The zero-order valence-electron chi connectivity index (χ0n) is 10.9. The number of hydrogen-bond acceptors (Lipinski definition) is 4. The van der Waals surface area contributed by atoms with Gasteiger partial charge in [0, 0.05) is 11.3 Å². The Balaban J connectivity index is 2.20. The Labute approximate surface area is 119 Å². The summed E-state index contributed by atoms with van der Waals surface area (Å²) in [5.41, 5.74) is -0.830. The van der Waals surface area contributed by atoms with E-state index in [0.29, 0.717) is 5.25 Å². The number of thioether (sulfide) groups is 1. The summed E-state index contributed by atoms with van der Waals surface area (Å²) in [6.07, 6.45) is 0.316. The molecule has 1 aliphatic rings. The van der Waals surface area contributed by atoms with E-state index in [9.17, 15) is 13.2 Å². The average Bonchev–Trinajstić information content (AvgIpc) is 2.85. The number of halogens is 3. The molecule has 1 aliphatic carbocycles. The van der Waals surface area contributed by atoms with E-state index >= 15 is 0 Å². The normalized spacial score (nSPS) is 22.6. The Morgan fingerprint density at radius 3 is 2.70 bits per heavy atom. The molecule has 2 unspecified atom stereocenters. The molecule has 20 heavy (non-hydrogen) atoms. The van der Waals surface area contributed by atoms with Crippen molar-refractivity contribution in [2.75, 3.05) is 11.6 Å². The van der Waals surface area contributed by atoms with E-state index in [1.54, 1.807) is 11.8 Å². The number of pyridine rings is 1. The minimum absolute atomic E-state index is 0.0362. The highest BCUT2D eigenvalue weighted by Crippen LogP contribution is 2.32. The maximum Gasteiger partial charge on any atom is 0.433 e. The van der Waals surface area contributed by atoms with Gasteiger partial charge in [0.1, 0.15) is 17.6 Å². The van der Waals surface area contributed by atoms with Gasteiger partial charge in [0.05, 0.1) is 5.56 Å². The van der Waals surface area contributed by atoms with Crippen molar-refractivity contribution in [3.8, 4) is 6.07 Å². The van der Waals surface area contributed by atoms with Gasteiger partial charge in [0.15, 0.2) is 0 Å². The third-order valence-electron chi connectivity index (χ3n) is 3.36. The lowest BCUT2D eigenvalue weighted by molar-refractivity contribution is -0.141. The van der Waals surface area contributed by atoms with Crippen LogP contribution in [0, 0.1) is 11.3 Å². The Hall–Kier alpha value is -1.42. The molecule has 1 N–H and O–H groups in total. The third kappa shape index (κ3) is 3.37. The van der Waals surface area contributed by atoms with Crippen molar-refractivity contribution in [1.29, 1.82) is 5.26 Å². The summed E-state index contributed by atoms with van der Waals surface area (Å²) in [6, 6.07) is 3.96. The lowest BCUT2D eigenvalue weighted by Crippen LogP contribution is -2.19. The van der Waals surface area contributed by atoms with Gasteiger partial charge in [-0.25, -0.2) is 4.98 Å². The quantitative estimate of drug-likeness (QED) is 0.925. The molecule has 1 saturated carbocycles. The number of anilines is 1. The molecule has 1 fully saturated rings. The van der Waals surface area contributed by atoms with Gasteiger partial charge in [-0.2, -0.15) is 30.2 Å². The molecule has 108 valence electrons. The molecule has 0 saturated heterocycles. The first-order valence-corrected chi connectivity index (χ1v) is 7.50. The zero-order chi connectivity index (χ0) is 14.8. The number of alkyl halides is 3. The molecule has 0 amide bonds. The summed E-state index contributed by atoms with van der Waals surface area (Å²) < 4.78 is 38.0. The second-order valence-corrected chi connectivity index (χ2v) is 5.85. The summed E-state index contributed by atoms with van der Waals surface area (Å²) in [4.78, 5) is 3.56. The summed E-state index contributed by atoms with van der Waals surface area (Å²) in [5.74, 6) is 0.0362. The summed E-state index contributed by atoms with van der Waals surface area (Å²) in [7, 11) is 0. The van der Waals surface area contributed by atoms with Gasteiger partial charge < -0.3 is 5.32 Å². The highest BCUT2D eigenvalue weighted by Gasteiger charge is 2.33. The van der Waals surface area contributed by atoms with E-state index in [1.807, 2.05) is 12.3 Å². The number of nitrogens with zero attached hydrogens (tertiary/aromatic N) is 2. The molecule has 0 aliphatic heterocycles. The fourth-order valence-electron chi connectivity index (χ4n) is 2.30. The fraction of sp³-hybridized carbons (Fsp3) is 0.538. The third-order valence-corrected chi connectivity index (χ3v) is 4.46. The molecule has 0 aromatic carbocycles. The molecular formula is C13H14F3N3S. The number of rotatable bonds is 3. The second-order valence-electron chi connectivity index (χ2n) is 4.71. The van der Waals surface area contributed by atoms with Gasteiger partial charge >= 0.3 is 6.18 Å². The first kappa shape index (κ1) is 15.0. The van der Waals surface area contributed by atoms with Crippen LogP contribution < -0.4 is 5.32 Å². The molecule has 0 spiro atoms. The molecule has 2 rings (SSSR count). The van der Waals surface area contributed by atoms with E-state index in [-0.39, 0.29) is 17.4 Å².